The lowest BCUT2D eigenvalue weighted by Gasteiger charge is -2.13. The third-order valence-electron chi connectivity index (χ3n) is 5.84. The minimum atomic E-state index is -0.625. The first kappa shape index (κ1) is 25.8. The Morgan fingerprint density at radius 1 is 0.757 bits per heavy atom. The van der Waals surface area contributed by atoms with Gasteiger partial charge in [0.05, 0.1) is 35.5 Å². The molecule has 0 unspecified atom stereocenters. The van der Waals surface area contributed by atoms with Gasteiger partial charge in [0.25, 0.3) is 0 Å². The molecule has 0 amide bonds. The number of fused-ring (bicyclic) bond motifs is 1. The number of ether oxygens (including phenoxy) is 5. The lowest BCUT2D eigenvalue weighted by molar-refractivity contribution is 0.0593. The standard InChI is InChI=1S/C29H26O7S/c1-32-22-16-23(33-2)20(27-15-18-8-6-7-9-26(18)37-27)12-17(22)10-11-21(30)19-13-24(34-3)28(29(31)36-5)25(14-19)35-4/h6-16H,1-5H3. The van der Waals surface area contributed by atoms with Crippen LogP contribution in [0.4, 0.5) is 0 Å². The molecule has 37 heavy (non-hydrogen) atoms. The summed E-state index contributed by atoms with van der Waals surface area (Å²) < 4.78 is 27.9. The van der Waals surface area contributed by atoms with Crippen LogP contribution in [0, 0.1) is 0 Å². The van der Waals surface area contributed by atoms with Crippen LogP contribution in [0.3, 0.4) is 0 Å². The zero-order chi connectivity index (χ0) is 26.5. The molecule has 0 bridgehead atoms. The van der Waals surface area contributed by atoms with Gasteiger partial charge in [0.15, 0.2) is 5.78 Å². The van der Waals surface area contributed by atoms with E-state index in [2.05, 4.69) is 18.2 Å². The summed E-state index contributed by atoms with van der Waals surface area (Å²) in [4.78, 5) is 26.3. The zero-order valence-corrected chi connectivity index (χ0v) is 21.9. The van der Waals surface area contributed by atoms with E-state index in [-0.39, 0.29) is 28.4 Å². The molecule has 0 radical (unpaired) electrons. The van der Waals surface area contributed by atoms with Crippen molar-refractivity contribution in [3.8, 4) is 33.4 Å². The van der Waals surface area contributed by atoms with Crippen molar-refractivity contribution < 1.29 is 33.3 Å². The molecule has 0 fully saturated rings. The predicted octanol–water partition coefficient (Wildman–Crippen LogP) is 6.29. The van der Waals surface area contributed by atoms with Crippen LogP contribution in [0.15, 0.2) is 60.7 Å². The summed E-state index contributed by atoms with van der Waals surface area (Å²) in [6, 6.07) is 17.0. The minimum absolute atomic E-state index is 0.109. The van der Waals surface area contributed by atoms with Crippen LogP contribution in [0.2, 0.25) is 0 Å². The fourth-order valence-electron chi connectivity index (χ4n) is 3.98. The molecule has 0 saturated heterocycles. The van der Waals surface area contributed by atoms with Crippen molar-refractivity contribution in [2.45, 2.75) is 0 Å². The zero-order valence-electron chi connectivity index (χ0n) is 21.1. The van der Waals surface area contributed by atoms with E-state index in [9.17, 15) is 9.59 Å². The summed E-state index contributed by atoms with van der Waals surface area (Å²) in [6.07, 6.45) is 3.12. The van der Waals surface area contributed by atoms with Crippen LogP contribution in [0.1, 0.15) is 26.3 Å². The quantitative estimate of drug-likeness (QED) is 0.146. The maximum absolute atomic E-state index is 13.1. The number of hydrogen-bond donors (Lipinski definition) is 0. The monoisotopic (exact) mass is 518 g/mol. The lowest BCUT2D eigenvalue weighted by atomic mass is 10.0. The summed E-state index contributed by atoms with van der Waals surface area (Å²) >= 11 is 1.66. The summed E-state index contributed by atoms with van der Waals surface area (Å²) in [7, 11) is 7.25. The van der Waals surface area contributed by atoms with Gasteiger partial charge in [-0.2, -0.15) is 0 Å². The molecule has 0 spiro atoms. The summed E-state index contributed by atoms with van der Waals surface area (Å²) in [5.41, 5.74) is 1.99. The van der Waals surface area contributed by atoms with Gasteiger partial charge in [0.1, 0.15) is 28.6 Å². The molecule has 0 aliphatic carbocycles. The summed E-state index contributed by atoms with van der Waals surface area (Å²) in [5, 5.41) is 1.14. The second-order valence-electron chi connectivity index (χ2n) is 7.89. The topological polar surface area (TPSA) is 80.3 Å². The van der Waals surface area contributed by atoms with E-state index in [0.717, 1.165) is 15.8 Å². The Morgan fingerprint density at radius 3 is 2.00 bits per heavy atom. The van der Waals surface area contributed by atoms with E-state index >= 15 is 0 Å². The first-order valence-corrected chi connectivity index (χ1v) is 12.1. The van der Waals surface area contributed by atoms with Gasteiger partial charge in [-0.1, -0.05) is 18.2 Å². The highest BCUT2D eigenvalue weighted by Crippen LogP contribution is 2.42. The molecule has 1 heterocycles. The number of methoxy groups -OCH3 is 5. The van der Waals surface area contributed by atoms with E-state index < -0.39 is 5.97 Å². The Kier molecular flexibility index (Phi) is 7.79. The van der Waals surface area contributed by atoms with Gasteiger partial charge in [0, 0.05) is 32.3 Å². The second kappa shape index (κ2) is 11.2. The van der Waals surface area contributed by atoms with Gasteiger partial charge in [0.2, 0.25) is 0 Å². The van der Waals surface area contributed by atoms with Gasteiger partial charge in [-0.15, -0.1) is 11.3 Å². The van der Waals surface area contributed by atoms with E-state index in [1.807, 2.05) is 18.2 Å². The van der Waals surface area contributed by atoms with Crippen LogP contribution in [-0.2, 0) is 4.74 Å². The Bertz CT molecular complexity index is 1440. The maximum atomic E-state index is 13.1. The van der Waals surface area contributed by atoms with E-state index in [1.54, 1.807) is 37.7 Å². The number of benzene rings is 3. The Hall–Kier alpha value is -4.30. The molecule has 4 rings (SSSR count). The Balaban J connectivity index is 1.74. The normalized spacial score (nSPS) is 10.9. The molecule has 190 valence electrons. The molecule has 3 aromatic carbocycles. The number of carbonyl (C=O) groups excluding carboxylic acids is 2. The summed E-state index contributed by atoms with van der Waals surface area (Å²) in [6.45, 7) is 0. The van der Waals surface area contributed by atoms with Crippen LogP contribution in [0.5, 0.6) is 23.0 Å². The highest BCUT2D eigenvalue weighted by atomic mass is 32.1. The van der Waals surface area contributed by atoms with Crippen molar-refractivity contribution in [2.24, 2.45) is 0 Å². The molecule has 0 aliphatic heterocycles. The molecule has 0 aliphatic rings. The van der Waals surface area contributed by atoms with E-state index in [1.165, 1.54) is 44.2 Å². The van der Waals surface area contributed by atoms with Crippen molar-refractivity contribution in [1.29, 1.82) is 0 Å². The van der Waals surface area contributed by atoms with Crippen molar-refractivity contribution >= 4 is 39.3 Å². The van der Waals surface area contributed by atoms with E-state index in [4.69, 9.17) is 23.7 Å². The molecule has 0 atom stereocenters. The largest absolute Gasteiger partial charge is 0.496 e. The van der Waals surface area contributed by atoms with Gasteiger partial charge in [-0.25, -0.2) is 4.79 Å². The van der Waals surface area contributed by atoms with Gasteiger partial charge in [-0.3, -0.25) is 4.79 Å². The molecule has 7 nitrogen and oxygen atoms in total. The van der Waals surface area contributed by atoms with Crippen LogP contribution < -0.4 is 18.9 Å². The minimum Gasteiger partial charge on any atom is -0.496 e. The van der Waals surface area contributed by atoms with Crippen molar-refractivity contribution in [3.05, 3.63) is 77.4 Å². The number of thiophene rings is 1. The van der Waals surface area contributed by atoms with Crippen molar-refractivity contribution in [3.63, 3.8) is 0 Å². The number of hydrogen-bond acceptors (Lipinski definition) is 8. The van der Waals surface area contributed by atoms with Crippen LogP contribution in [-0.4, -0.2) is 47.3 Å². The summed E-state index contributed by atoms with van der Waals surface area (Å²) in [5.74, 6) is 0.644. The first-order valence-electron chi connectivity index (χ1n) is 11.3. The second-order valence-corrected chi connectivity index (χ2v) is 8.97. The van der Waals surface area contributed by atoms with E-state index in [0.29, 0.717) is 17.1 Å². The number of ketones is 1. The Labute approximate surface area is 218 Å². The number of rotatable bonds is 9. The van der Waals surface area contributed by atoms with Crippen molar-refractivity contribution in [1.82, 2.24) is 0 Å². The predicted molar refractivity (Wildman–Crippen MR) is 145 cm³/mol. The highest BCUT2D eigenvalue weighted by Gasteiger charge is 2.22. The molecular formula is C29H26O7S. The highest BCUT2D eigenvalue weighted by molar-refractivity contribution is 7.22. The molecule has 4 aromatic rings. The maximum Gasteiger partial charge on any atom is 0.345 e. The van der Waals surface area contributed by atoms with Crippen molar-refractivity contribution in [2.75, 3.05) is 35.5 Å². The fraction of sp³-hybridized carbons (Fsp3) is 0.172. The molecular weight excluding hydrogens is 492 g/mol. The number of allylic oxidation sites excluding steroid dienone is 1. The average Bonchev–Trinajstić information content (AvgIpc) is 3.38. The van der Waals surface area contributed by atoms with Gasteiger partial charge >= 0.3 is 5.97 Å². The molecule has 8 heteroatoms. The Morgan fingerprint density at radius 2 is 1.41 bits per heavy atom. The molecule has 0 saturated carbocycles. The molecule has 0 N–H and O–H groups in total. The van der Waals surface area contributed by atoms with Gasteiger partial charge < -0.3 is 23.7 Å². The average molecular weight is 519 g/mol. The number of carbonyl (C=O) groups is 2. The smallest absolute Gasteiger partial charge is 0.345 e. The first-order chi connectivity index (χ1) is 17.9. The van der Waals surface area contributed by atoms with Crippen LogP contribution >= 0.6 is 11.3 Å². The fourth-order valence-corrected chi connectivity index (χ4v) is 5.06. The molecule has 1 aromatic heterocycles. The third-order valence-corrected chi connectivity index (χ3v) is 6.99. The van der Waals surface area contributed by atoms with Crippen LogP contribution in [0.25, 0.3) is 26.6 Å². The number of esters is 1. The SMILES string of the molecule is COC(=O)c1c(OC)cc(C(=O)C=Cc2cc(-c3cc4ccccc4s3)c(OC)cc2OC)cc1OC. The lowest BCUT2D eigenvalue weighted by Crippen LogP contribution is -2.08. The van der Waals surface area contributed by atoms with Gasteiger partial charge in [-0.05, 0) is 47.9 Å². The third kappa shape index (κ3) is 5.15.